The monoisotopic (exact) mass is 224 g/mol. The van der Waals surface area contributed by atoms with Gasteiger partial charge in [-0.05, 0) is 6.42 Å². The molecule has 1 aromatic rings. The third-order valence-corrected chi connectivity index (χ3v) is 2.15. The summed E-state index contributed by atoms with van der Waals surface area (Å²) >= 11 is 1.13. The fourth-order valence-electron chi connectivity index (χ4n) is 0.683. The fraction of sp³-hybridized carbons (Fsp3) is 0.571. The van der Waals surface area contributed by atoms with E-state index >= 15 is 0 Å². The van der Waals surface area contributed by atoms with Gasteiger partial charge in [-0.25, -0.2) is 0 Å². The summed E-state index contributed by atoms with van der Waals surface area (Å²) in [5.74, 6) is 0.741. The first kappa shape index (κ1) is 11.4. The second kappa shape index (κ2) is 4.68. The number of hydrogen-bond acceptors (Lipinski definition) is 3. The van der Waals surface area contributed by atoms with Crippen LogP contribution in [0.3, 0.4) is 0 Å². The molecular formula is C7H9F3N3S. The molecule has 0 atom stereocenters. The van der Waals surface area contributed by atoms with Crippen LogP contribution < -0.4 is 0 Å². The lowest BCUT2D eigenvalue weighted by Gasteiger charge is -1.98. The predicted molar refractivity (Wildman–Crippen MR) is 46.4 cm³/mol. The van der Waals surface area contributed by atoms with E-state index in [1.54, 1.807) is 5.75 Å². The van der Waals surface area contributed by atoms with E-state index in [0.717, 1.165) is 24.6 Å². The molecule has 0 aliphatic carbocycles. The van der Waals surface area contributed by atoms with Gasteiger partial charge in [0.15, 0.2) is 5.16 Å². The predicted octanol–water partition coefficient (Wildman–Crippen LogP) is 2.88. The van der Waals surface area contributed by atoms with Crippen molar-refractivity contribution in [2.24, 2.45) is 0 Å². The lowest BCUT2D eigenvalue weighted by Crippen LogP contribution is -2.07. The molecule has 14 heavy (non-hydrogen) atoms. The van der Waals surface area contributed by atoms with Gasteiger partial charge in [0.1, 0.15) is 0 Å². The quantitative estimate of drug-likeness (QED) is 0.631. The average molecular weight is 224 g/mol. The van der Waals surface area contributed by atoms with Crippen molar-refractivity contribution >= 4 is 11.8 Å². The van der Waals surface area contributed by atoms with Crippen LogP contribution in [0.15, 0.2) is 5.16 Å². The van der Waals surface area contributed by atoms with Gasteiger partial charge in [-0.2, -0.15) is 13.2 Å². The molecule has 0 aromatic carbocycles. The third kappa shape index (κ3) is 3.21. The van der Waals surface area contributed by atoms with Crippen molar-refractivity contribution in [2.75, 3.05) is 0 Å². The van der Waals surface area contributed by atoms with Crippen LogP contribution in [0, 0.1) is 5.75 Å². The number of alkyl halides is 3. The first-order valence-electron chi connectivity index (χ1n) is 4.02. The maximum Gasteiger partial charge on any atom is 0.451 e. The molecule has 0 saturated heterocycles. The lowest BCUT2D eigenvalue weighted by molar-refractivity contribution is -0.144. The Morgan fingerprint density at radius 1 is 1.43 bits per heavy atom. The summed E-state index contributed by atoms with van der Waals surface area (Å²) in [7, 11) is 0. The molecule has 1 radical (unpaired) electrons. The number of unbranched alkanes of at least 4 members (excludes halogenated alkanes) is 1. The van der Waals surface area contributed by atoms with Crippen LogP contribution >= 0.6 is 11.8 Å². The summed E-state index contributed by atoms with van der Waals surface area (Å²) in [5.41, 5.74) is 0. The Balaban J connectivity index is 2.51. The highest BCUT2D eigenvalue weighted by molar-refractivity contribution is 8.01. The number of halogens is 3. The summed E-state index contributed by atoms with van der Waals surface area (Å²) in [4.78, 5) is 2.10. The van der Waals surface area contributed by atoms with Crippen molar-refractivity contribution in [1.82, 2.24) is 15.2 Å². The van der Waals surface area contributed by atoms with E-state index in [0.29, 0.717) is 0 Å². The molecule has 0 spiro atoms. The van der Waals surface area contributed by atoms with Crippen LogP contribution in [-0.4, -0.2) is 15.2 Å². The molecule has 79 valence electrons. The Morgan fingerprint density at radius 3 is 2.64 bits per heavy atom. The highest BCUT2D eigenvalue weighted by atomic mass is 32.2. The maximum atomic E-state index is 12.0. The van der Waals surface area contributed by atoms with Gasteiger partial charge in [0.2, 0.25) is 5.82 Å². The Kier molecular flexibility index (Phi) is 3.79. The van der Waals surface area contributed by atoms with Crippen LogP contribution in [0.4, 0.5) is 13.2 Å². The smallest absolute Gasteiger partial charge is 0.312 e. The molecule has 1 aromatic heterocycles. The third-order valence-electron chi connectivity index (χ3n) is 1.34. The molecule has 3 nitrogen and oxygen atoms in total. The topological polar surface area (TPSA) is 41.6 Å². The zero-order valence-electron chi connectivity index (χ0n) is 7.43. The number of H-pyrrole nitrogens is 1. The Morgan fingerprint density at radius 2 is 2.14 bits per heavy atom. The van der Waals surface area contributed by atoms with E-state index in [9.17, 15) is 13.2 Å². The molecule has 1 N–H and O–H groups in total. The number of aromatic nitrogens is 3. The summed E-state index contributed by atoms with van der Waals surface area (Å²) in [6.07, 6.45) is -2.67. The van der Waals surface area contributed by atoms with Gasteiger partial charge < -0.3 is 4.98 Å². The number of aromatic amines is 1. The largest absolute Gasteiger partial charge is 0.451 e. The van der Waals surface area contributed by atoms with Crippen molar-refractivity contribution in [1.29, 1.82) is 0 Å². The highest BCUT2D eigenvalue weighted by Crippen LogP contribution is 2.28. The molecule has 1 heterocycles. The van der Waals surface area contributed by atoms with Gasteiger partial charge >= 0.3 is 6.18 Å². The molecule has 0 fully saturated rings. The fourth-order valence-corrected chi connectivity index (χ4v) is 1.44. The first-order valence-corrected chi connectivity index (χ1v) is 4.90. The average Bonchev–Trinajstić information content (AvgIpc) is 2.52. The van der Waals surface area contributed by atoms with Crippen LogP contribution in [0.5, 0.6) is 0 Å². The first-order chi connectivity index (χ1) is 6.54. The number of nitrogens with zero attached hydrogens (tertiary/aromatic N) is 2. The van der Waals surface area contributed by atoms with Crippen molar-refractivity contribution in [2.45, 2.75) is 31.1 Å². The summed E-state index contributed by atoms with van der Waals surface area (Å²) < 4.78 is 36.1. The summed E-state index contributed by atoms with van der Waals surface area (Å²) in [5, 5.41) is 6.53. The van der Waals surface area contributed by atoms with E-state index in [1.165, 1.54) is 0 Å². The van der Waals surface area contributed by atoms with Gasteiger partial charge in [0.25, 0.3) is 0 Å². The molecule has 0 unspecified atom stereocenters. The minimum Gasteiger partial charge on any atom is -0.312 e. The minimum absolute atomic E-state index is 0.172. The van der Waals surface area contributed by atoms with Crippen LogP contribution in [0.2, 0.25) is 0 Å². The van der Waals surface area contributed by atoms with Gasteiger partial charge in [-0.3, -0.25) is 0 Å². The standard InChI is InChI=1S/C7H9F3N3S/c1-2-3-4-14-6-11-5(12-13-6)7(8,9)10/h4H,2-3H2,1H3,(H,11,12,13). The summed E-state index contributed by atoms with van der Waals surface area (Å²) in [6, 6.07) is 0. The van der Waals surface area contributed by atoms with Gasteiger partial charge in [0, 0.05) is 5.75 Å². The number of hydrogen-bond donors (Lipinski definition) is 1. The number of nitrogens with one attached hydrogen (secondary N) is 1. The Bertz CT molecular complexity index is 284. The zero-order valence-corrected chi connectivity index (χ0v) is 8.24. The van der Waals surface area contributed by atoms with E-state index in [1.807, 2.05) is 6.92 Å². The van der Waals surface area contributed by atoms with Crippen molar-refractivity contribution in [3.8, 4) is 0 Å². The van der Waals surface area contributed by atoms with Crippen LogP contribution in [-0.2, 0) is 6.18 Å². The number of thioether (sulfide) groups is 1. The minimum atomic E-state index is -4.45. The SMILES string of the molecule is CCC[CH]Sc1nnc(C(F)(F)F)[nH]1. The molecule has 0 aliphatic rings. The Hall–Kier alpha value is -0.720. The van der Waals surface area contributed by atoms with Crippen molar-refractivity contribution < 1.29 is 13.2 Å². The zero-order chi connectivity index (χ0) is 10.6. The number of rotatable bonds is 4. The van der Waals surface area contributed by atoms with Crippen molar-refractivity contribution in [3.05, 3.63) is 11.6 Å². The van der Waals surface area contributed by atoms with E-state index in [2.05, 4.69) is 15.2 Å². The molecule has 7 heteroatoms. The van der Waals surface area contributed by atoms with Gasteiger partial charge in [-0.1, -0.05) is 25.1 Å². The van der Waals surface area contributed by atoms with E-state index in [4.69, 9.17) is 0 Å². The van der Waals surface area contributed by atoms with Gasteiger partial charge in [-0.15, -0.1) is 10.2 Å². The molecular weight excluding hydrogens is 215 g/mol. The van der Waals surface area contributed by atoms with Crippen LogP contribution in [0.25, 0.3) is 0 Å². The lowest BCUT2D eigenvalue weighted by atomic mass is 10.4. The van der Waals surface area contributed by atoms with E-state index in [-0.39, 0.29) is 5.16 Å². The second-order valence-corrected chi connectivity index (χ2v) is 3.51. The molecule has 0 amide bonds. The molecule has 0 aliphatic heterocycles. The maximum absolute atomic E-state index is 12.0. The Labute approximate surface area is 83.5 Å². The summed E-state index contributed by atoms with van der Waals surface area (Å²) in [6.45, 7) is 1.98. The molecule has 1 rings (SSSR count). The highest BCUT2D eigenvalue weighted by Gasteiger charge is 2.35. The van der Waals surface area contributed by atoms with Crippen molar-refractivity contribution in [3.63, 3.8) is 0 Å². The normalized spacial score (nSPS) is 12.0. The molecule has 0 bridgehead atoms. The van der Waals surface area contributed by atoms with E-state index < -0.39 is 12.0 Å². The van der Waals surface area contributed by atoms with Gasteiger partial charge in [0.05, 0.1) is 0 Å². The van der Waals surface area contributed by atoms with Crippen LogP contribution in [0.1, 0.15) is 25.6 Å². The molecule has 0 saturated carbocycles. The second-order valence-electron chi connectivity index (χ2n) is 2.55.